The van der Waals surface area contributed by atoms with Crippen molar-refractivity contribution in [3.8, 4) is 5.75 Å². The molecule has 1 saturated heterocycles. The number of aryl methyl sites for hydroxylation is 1. The van der Waals surface area contributed by atoms with E-state index in [1.54, 1.807) is 7.11 Å². The highest BCUT2D eigenvalue weighted by atomic mass is 16.5. The second-order valence-corrected chi connectivity index (χ2v) is 8.40. The number of carbonyl (C=O) groups excluding carboxylic acids is 1. The zero-order valence-corrected chi connectivity index (χ0v) is 18.6. The Morgan fingerprint density at radius 3 is 2.58 bits per heavy atom. The summed E-state index contributed by atoms with van der Waals surface area (Å²) in [6, 6.07) is 16.7. The normalized spacial score (nSPS) is 15.9. The largest absolute Gasteiger partial charge is 0.497 e. The number of benzene rings is 2. The molecule has 0 spiro atoms. The van der Waals surface area contributed by atoms with Gasteiger partial charge in [-0.3, -0.25) is 4.79 Å². The summed E-state index contributed by atoms with van der Waals surface area (Å²) in [6.07, 6.45) is 4.53. The van der Waals surface area contributed by atoms with Crippen molar-refractivity contribution in [1.29, 1.82) is 0 Å². The molecule has 0 bridgehead atoms. The summed E-state index contributed by atoms with van der Waals surface area (Å²) in [5.74, 6) is 1.28. The van der Waals surface area contributed by atoms with E-state index in [4.69, 9.17) is 4.74 Å². The molecule has 1 fully saturated rings. The van der Waals surface area contributed by atoms with Gasteiger partial charge in [-0.25, -0.2) is 0 Å². The Balaban J connectivity index is 1.55. The molecule has 1 aliphatic heterocycles. The minimum atomic E-state index is 0.165. The van der Waals surface area contributed by atoms with E-state index in [9.17, 15) is 4.79 Å². The number of nitrogens with one attached hydrogen (secondary N) is 1. The summed E-state index contributed by atoms with van der Waals surface area (Å²) in [7, 11) is 1.69. The van der Waals surface area contributed by atoms with E-state index in [1.165, 1.54) is 11.1 Å². The molecule has 1 aliphatic rings. The molecule has 4 rings (SSSR count). The van der Waals surface area contributed by atoms with Crippen molar-refractivity contribution < 1.29 is 9.53 Å². The van der Waals surface area contributed by atoms with Gasteiger partial charge in [0.1, 0.15) is 5.75 Å². The fraction of sp³-hybridized carbons (Fsp3) is 0.423. The van der Waals surface area contributed by atoms with E-state index < -0.39 is 0 Å². The quantitative estimate of drug-likeness (QED) is 0.587. The van der Waals surface area contributed by atoms with Crippen LogP contribution >= 0.6 is 0 Å². The number of amides is 1. The Kier molecular flexibility index (Phi) is 6.92. The van der Waals surface area contributed by atoms with E-state index in [0.29, 0.717) is 6.42 Å². The van der Waals surface area contributed by atoms with Crippen LogP contribution in [-0.4, -0.2) is 60.5 Å². The third-order valence-corrected chi connectivity index (χ3v) is 6.58. The lowest BCUT2D eigenvalue weighted by Gasteiger charge is -2.34. The number of H-pyrrole nitrogens is 1. The zero-order valence-electron chi connectivity index (χ0n) is 18.6. The number of aromatic nitrogens is 1. The summed E-state index contributed by atoms with van der Waals surface area (Å²) in [6.45, 7) is 6.85. The van der Waals surface area contributed by atoms with Gasteiger partial charge in [0.15, 0.2) is 0 Å². The molecule has 5 nitrogen and oxygen atoms in total. The number of aromatic amines is 1. The second kappa shape index (κ2) is 10.0. The van der Waals surface area contributed by atoms with E-state index in [1.807, 2.05) is 12.1 Å². The molecule has 2 aromatic carbocycles. The maximum Gasteiger partial charge on any atom is 0.223 e. The smallest absolute Gasteiger partial charge is 0.223 e. The number of fused-ring (bicyclic) bond motifs is 1. The van der Waals surface area contributed by atoms with Gasteiger partial charge in [-0.1, -0.05) is 37.3 Å². The molecule has 31 heavy (non-hydrogen) atoms. The first-order valence-electron chi connectivity index (χ1n) is 11.4. The second-order valence-electron chi connectivity index (χ2n) is 8.40. The van der Waals surface area contributed by atoms with E-state index in [-0.39, 0.29) is 11.8 Å². The highest BCUT2D eigenvalue weighted by Crippen LogP contribution is 2.34. The average molecular weight is 420 g/mol. The van der Waals surface area contributed by atoms with Crippen LogP contribution in [0.1, 0.15) is 36.8 Å². The minimum absolute atomic E-state index is 0.165. The molecule has 1 aromatic heterocycles. The Hall–Kier alpha value is -2.79. The molecular weight excluding hydrogens is 386 g/mol. The van der Waals surface area contributed by atoms with Crippen LogP contribution in [0, 0.1) is 0 Å². The lowest BCUT2D eigenvalue weighted by molar-refractivity contribution is -0.133. The van der Waals surface area contributed by atoms with Gasteiger partial charge in [-0.15, -0.1) is 0 Å². The van der Waals surface area contributed by atoms with E-state index >= 15 is 0 Å². The van der Waals surface area contributed by atoms with Crippen molar-refractivity contribution in [1.82, 2.24) is 14.8 Å². The molecule has 1 amide bonds. The molecule has 1 N–H and O–H groups in total. The molecule has 164 valence electrons. The summed E-state index contributed by atoms with van der Waals surface area (Å²) in [4.78, 5) is 21.1. The van der Waals surface area contributed by atoms with Crippen LogP contribution in [-0.2, 0) is 11.2 Å². The zero-order chi connectivity index (χ0) is 21.6. The molecule has 5 heteroatoms. The maximum atomic E-state index is 13.2. The van der Waals surface area contributed by atoms with Gasteiger partial charge in [0.25, 0.3) is 0 Å². The third kappa shape index (κ3) is 5.10. The van der Waals surface area contributed by atoms with Crippen LogP contribution in [0.25, 0.3) is 10.9 Å². The first kappa shape index (κ1) is 21.4. The Bertz CT molecular complexity index is 990. The fourth-order valence-corrected chi connectivity index (χ4v) is 4.59. The van der Waals surface area contributed by atoms with Gasteiger partial charge in [-0.2, -0.15) is 0 Å². The van der Waals surface area contributed by atoms with Crippen molar-refractivity contribution in [2.45, 2.75) is 32.1 Å². The van der Waals surface area contributed by atoms with Gasteiger partial charge in [0.2, 0.25) is 5.91 Å². The van der Waals surface area contributed by atoms with Crippen molar-refractivity contribution >= 4 is 16.8 Å². The number of ether oxygens (including phenoxy) is 1. The van der Waals surface area contributed by atoms with Gasteiger partial charge in [0, 0.05) is 49.7 Å². The molecule has 2 heterocycles. The molecule has 3 aromatic rings. The van der Waals surface area contributed by atoms with Crippen molar-refractivity contribution in [2.75, 3.05) is 39.8 Å². The SMILES string of the molecule is CCN1CCN(C(=O)C[C@@H](CCc2ccccc2)c2c[nH]c3ccc(OC)cc23)CC1. The Morgan fingerprint density at radius 1 is 1.10 bits per heavy atom. The molecule has 1 atom stereocenters. The number of hydrogen-bond donors (Lipinski definition) is 1. The van der Waals surface area contributed by atoms with Crippen molar-refractivity contribution in [3.05, 3.63) is 65.9 Å². The summed E-state index contributed by atoms with van der Waals surface area (Å²) in [5.41, 5.74) is 3.61. The Labute approximate surface area is 185 Å². The number of rotatable bonds is 8. The van der Waals surface area contributed by atoms with Gasteiger partial charge in [0.05, 0.1) is 7.11 Å². The molecule has 0 aliphatic carbocycles. The van der Waals surface area contributed by atoms with Gasteiger partial charge < -0.3 is 19.5 Å². The van der Waals surface area contributed by atoms with Crippen LogP contribution in [0.3, 0.4) is 0 Å². The predicted octanol–water partition coefficient (Wildman–Crippen LogP) is 4.45. The maximum absolute atomic E-state index is 13.2. The first-order valence-corrected chi connectivity index (χ1v) is 11.4. The molecule has 0 unspecified atom stereocenters. The number of piperazine rings is 1. The summed E-state index contributed by atoms with van der Waals surface area (Å²) < 4.78 is 5.46. The van der Waals surface area contributed by atoms with Crippen LogP contribution in [0.5, 0.6) is 5.75 Å². The number of hydrogen-bond acceptors (Lipinski definition) is 3. The van der Waals surface area contributed by atoms with Crippen LogP contribution in [0.4, 0.5) is 0 Å². The number of carbonyl (C=O) groups is 1. The molecular formula is C26H33N3O2. The van der Waals surface area contributed by atoms with E-state index in [0.717, 1.165) is 62.2 Å². The fourth-order valence-electron chi connectivity index (χ4n) is 4.59. The highest BCUT2D eigenvalue weighted by Gasteiger charge is 2.25. The lowest BCUT2D eigenvalue weighted by atomic mass is 9.88. The minimum Gasteiger partial charge on any atom is -0.497 e. The summed E-state index contributed by atoms with van der Waals surface area (Å²) >= 11 is 0. The van der Waals surface area contributed by atoms with Crippen molar-refractivity contribution in [2.24, 2.45) is 0 Å². The number of methoxy groups -OCH3 is 1. The average Bonchev–Trinajstić information content (AvgIpc) is 3.25. The van der Waals surface area contributed by atoms with Crippen LogP contribution < -0.4 is 4.74 Å². The van der Waals surface area contributed by atoms with Crippen LogP contribution in [0.15, 0.2) is 54.7 Å². The van der Waals surface area contributed by atoms with E-state index in [2.05, 4.69) is 64.3 Å². The first-order chi connectivity index (χ1) is 15.2. The standard InChI is InChI=1S/C26H33N3O2/c1-3-28-13-15-29(16-14-28)26(30)17-21(10-9-20-7-5-4-6-8-20)24-19-27-25-12-11-22(31-2)18-23(24)25/h4-8,11-12,18-19,21,27H,3,9-10,13-17H2,1-2H3/t21-/m1/s1. The topological polar surface area (TPSA) is 48.6 Å². The molecule has 0 radical (unpaired) electrons. The Morgan fingerprint density at radius 2 is 1.87 bits per heavy atom. The number of likely N-dealkylation sites (N-methyl/N-ethyl adjacent to an activating group) is 1. The van der Waals surface area contributed by atoms with Crippen molar-refractivity contribution in [3.63, 3.8) is 0 Å². The highest BCUT2D eigenvalue weighted by molar-refractivity contribution is 5.86. The van der Waals surface area contributed by atoms with Crippen LogP contribution in [0.2, 0.25) is 0 Å². The monoisotopic (exact) mass is 419 g/mol. The van der Waals surface area contributed by atoms with Gasteiger partial charge in [-0.05, 0) is 54.6 Å². The van der Waals surface area contributed by atoms with Gasteiger partial charge >= 0.3 is 0 Å². The lowest BCUT2D eigenvalue weighted by Crippen LogP contribution is -2.48. The third-order valence-electron chi connectivity index (χ3n) is 6.58. The molecule has 0 saturated carbocycles. The predicted molar refractivity (Wildman–Crippen MR) is 126 cm³/mol. The number of nitrogens with zero attached hydrogens (tertiary/aromatic N) is 2. The summed E-state index contributed by atoms with van der Waals surface area (Å²) in [5, 5.41) is 1.15.